The highest BCUT2D eigenvalue weighted by Crippen LogP contribution is 2.23. The number of hydrogen-bond donors (Lipinski definition) is 1. The maximum Gasteiger partial charge on any atom is 0.137 e. The highest BCUT2D eigenvalue weighted by atomic mass is 16.3. The Kier molecular flexibility index (Phi) is 4.00. The van der Waals surface area contributed by atoms with Gasteiger partial charge in [0.25, 0.3) is 0 Å². The van der Waals surface area contributed by atoms with Gasteiger partial charge in [0, 0.05) is 5.69 Å². The number of nitrogens with zero attached hydrogens (tertiary/aromatic N) is 3. The lowest BCUT2D eigenvalue weighted by Crippen LogP contribution is -2.09. The molecule has 0 saturated carbocycles. The predicted octanol–water partition coefficient (Wildman–Crippen LogP) is 3.48. The Morgan fingerprint density at radius 1 is 1.29 bits per heavy atom. The first-order valence-corrected chi connectivity index (χ1v) is 7.06. The summed E-state index contributed by atoms with van der Waals surface area (Å²) in [5.41, 5.74) is 2.26. The third kappa shape index (κ3) is 3.31. The minimum absolute atomic E-state index is 0.182. The van der Waals surface area contributed by atoms with Gasteiger partial charge in [-0.1, -0.05) is 19.1 Å². The van der Waals surface area contributed by atoms with E-state index in [-0.39, 0.29) is 6.04 Å². The lowest BCUT2D eigenvalue weighted by Gasteiger charge is -2.16. The van der Waals surface area contributed by atoms with E-state index in [9.17, 15) is 0 Å². The Morgan fingerprint density at radius 3 is 2.95 bits per heavy atom. The van der Waals surface area contributed by atoms with Gasteiger partial charge in [0.2, 0.25) is 0 Å². The van der Waals surface area contributed by atoms with Crippen LogP contribution in [0.25, 0.3) is 0 Å². The number of nitrogens with one attached hydrogen (secondary N) is 1. The summed E-state index contributed by atoms with van der Waals surface area (Å²) in [6.45, 7) is 2.85. The molecule has 0 aliphatic carbocycles. The van der Waals surface area contributed by atoms with Crippen molar-refractivity contribution >= 4 is 5.69 Å². The highest BCUT2D eigenvalue weighted by Gasteiger charge is 2.11. The van der Waals surface area contributed by atoms with Crippen molar-refractivity contribution in [2.45, 2.75) is 25.9 Å². The Morgan fingerprint density at radius 2 is 2.24 bits per heavy atom. The average Bonchev–Trinajstić information content (AvgIpc) is 3.18. The van der Waals surface area contributed by atoms with Crippen LogP contribution < -0.4 is 5.32 Å². The minimum Gasteiger partial charge on any atom is -0.467 e. The second kappa shape index (κ2) is 6.26. The quantitative estimate of drug-likeness (QED) is 0.752. The van der Waals surface area contributed by atoms with Gasteiger partial charge < -0.3 is 9.73 Å². The first-order valence-electron chi connectivity index (χ1n) is 7.06. The molecule has 1 unspecified atom stereocenters. The summed E-state index contributed by atoms with van der Waals surface area (Å²) in [6.07, 6.45) is 5.94. The number of anilines is 1. The fourth-order valence-electron chi connectivity index (χ4n) is 2.33. The summed E-state index contributed by atoms with van der Waals surface area (Å²) in [6, 6.07) is 12.4. The zero-order valence-corrected chi connectivity index (χ0v) is 11.9. The monoisotopic (exact) mass is 282 g/mol. The van der Waals surface area contributed by atoms with E-state index in [0.717, 1.165) is 17.9 Å². The number of hydrogen-bond acceptors (Lipinski definition) is 4. The molecule has 0 aliphatic rings. The number of benzene rings is 1. The number of furan rings is 1. The predicted molar refractivity (Wildman–Crippen MR) is 80.9 cm³/mol. The number of rotatable bonds is 6. The number of aromatic nitrogens is 3. The van der Waals surface area contributed by atoms with Gasteiger partial charge in [0.1, 0.15) is 18.4 Å². The SMILES string of the molecule is CCC(Nc1cccc(Cn2cncn2)c1)c1ccco1. The van der Waals surface area contributed by atoms with Crippen molar-refractivity contribution in [3.05, 3.63) is 66.6 Å². The van der Waals surface area contributed by atoms with Crippen LogP contribution in [-0.4, -0.2) is 14.8 Å². The molecule has 0 bridgehead atoms. The van der Waals surface area contributed by atoms with Gasteiger partial charge in [0.05, 0.1) is 18.8 Å². The van der Waals surface area contributed by atoms with Gasteiger partial charge in [-0.3, -0.25) is 0 Å². The van der Waals surface area contributed by atoms with E-state index in [0.29, 0.717) is 6.54 Å². The van der Waals surface area contributed by atoms with Crippen LogP contribution in [0, 0.1) is 0 Å². The minimum atomic E-state index is 0.182. The van der Waals surface area contributed by atoms with E-state index in [1.54, 1.807) is 18.9 Å². The van der Waals surface area contributed by atoms with Gasteiger partial charge >= 0.3 is 0 Å². The molecule has 108 valence electrons. The first-order chi connectivity index (χ1) is 10.3. The molecule has 2 aromatic heterocycles. The maximum atomic E-state index is 5.49. The van der Waals surface area contributed by atoms with Crippen LogP contribution in [0.5, 0.6) is 0 Å². The molecule has 0 spiro atoms. The Bertz CT molecular complexity index is 661. The second-order valence-corrected chi connectivity index (χ2v) is 4.91. The first kappa shape index (κ1) is 13.4. The lowest BCUT2D eigenvalue weighted by atomic mass is 10.1. The third-order valence-electron chi connectivity index (χ3n) is 3.37. The lowest BCUT2D eigenvalue weighted by molar-refractivity contribution is 0.474. The van der Waals surface area contributed by atoms with Gasteiger partial charge in [-0.05, 0) is 36.2 Å². The fraction of sp³-hybridized carbons (Fsp3) is 0.250. The van der Waals surface area contributed by atoms with E-state index in [1.165, 1.54) is 5.56 Å². The molecule has 0 fully saturated rings. The molecule has 5 heteroatoms. The van der Waals surface area contributed by atoms with Crippen LogP contribution in [-0.2, 0) is 6.54 Å². The summed E-state index contributed by atoms with van der Waals surface area (Å²) < 4.78 is 7.30. The zero-order valence-electron chi connectivity index (χ0n) is 11.9. The van der Waals surface area contributed by atoms with Crippen molar-refractivity contribution in [1.29, 1.82) is 0 Å². The smallest absolute Gasteiger partial charge is 0.137 e. The van der Waals surface area contributed by atoms with Crippen LogP contribution in [0.3, 0.4) is 0 Å². The van der Waals surface area contributed by atoms with Crippen molar-refractivity contribution in [1.82, 2.24) is 14.8 Å². The van der Waals surface area contributed by atoms with Crippen molar-refractivity contribution in [3.63, 3.8) is 0 Å². The van der Waals surface area contributed by atoms with Crippen molar-refractivity contribution in [2.75, 3.05) is 5.32 Å². The van der Waals surface area contributed by atoms with E-state index in [4.69, 9.17) is 4.42 Å². The molecule has 0 saturated heterocycles. The summed E-state index contributed by atoms with van der Waals surface area (Å²) in [5, 5.41) is 7.64. The summed E-state index contributed by atoms with van der Waals surface area (Å²) in [5.74, 6) is 0.958. The molecule has 21 heavy (non-hydrogen) atoms. The summed E-state index contributed by atoms with van der Waals surface area (Å²) >= 11 is 0. The van der Waals surface area contributed by atoms with E-state index in [2.05, 4.69) is 40.5 Å². The molecule has 1 atom stereocenters. The Labute approximate surface area is 123 Å². The van der Waals surface area contributed by atoms with Crippen molar-refractivity contribution < 1.29 is 4.42 Å². The highest BCUT2D eigenvalue weighted by molar-refractivity contribution is 5.47. The average molecular weight is 282 g/mol. The van der Waals surface area contributed by atoms with Gasteiger partial charge in [-0.2, -0.15) is 5.10 Å². The van der Waals surface area contributed by atoms with Gasteiger partial charge in [-0.25, -0.2) is 9.67 Å². The van der Waals surface area contributed by atoms with Gasteiger partial charge in [0.15, 0.2) is 0 Å². The normalized spacial score (nSPS) is 12.2. The van der Waals surface area contributed by atoms with E-state index in [1.807, 2.05) is 22.9 Å². The molecule has 1 N–H and O–H groups in total. The molecule has 5 nitrogen and oxygen atoms in total. The Hall–Kier alpha value is -2.56. The van der Waals surface area contributed by atoms with Crippen LogP contribution in [0.4, 0.5) is 5.69 Å². The molecular formula is C16H18N4O. The van der Waals surface area contributed by atoms with Gasteiger partial charge in [-0.15, -0.1) is 0 Å². The van der Waals surface area contributed by atoms with Crippen LogP contribution in [0.1, 0.15) is 30.7 Å². The van der Waals surface area contributed by atoms with Crippen molar-refractivity contribution in [2.24, 2.45) is 0 Å². The molecule has 3 aromatic rings. The molecule has 0 amide bonds. The molecule has 3 rings (SSSR count). The van der Waals surface area contributed by atoms with Crippen LogP contribution >= 0.6 is 0 Å². The van der Waals surface area contributed by atoms with Crippen LogP contribution in [0.15, 0.2) is 59.7 Å². The molecular weight excluding hydrogens is 264 g/mol. The molecule has 2 heterocycles. The summed E-state index contributed by atoms with van der Waals surface area (Å²) in [4.78, 5) is 3.96. The fourth-order valence-corrected chi connectivity index (χ4v) is 2.33. The maximum absolute atomic E-state index is 5.49. The molecule has 0 radical (unpaired) electrons. The topological polar surface area (TPSA) is 55.9 Å². The molecule has 0 aliphatic heterocycles. The largest absolute Gasteiger partial charge is 0.467 e. The Balaban J connectivity index is 1.73. The van der Waals surface area contributed by atoms with Crippen molar-refractivity contribution in [3.8, 4) is 0 Å². The summed E-state index contributed by atoms with van der Waals surface area (Å²) in [7, 11) is 0. The second-order valence-electron chi connectivity index (χ2n) is 4.91. The standard InChI is InChI=1S/C16H18N4O/c1-2-15(16-7-4-8-21-16)19-14-6-3-5-13(9-14)10-20-12-17-11-18-20/h3-9,11-12,15,19H,2,10H2,1H3. The van der Waals surface area contributed by atoms with E-state index < -0.39 is 0 Å². The molecule has 1 aromatic carbocycles. The van der Waals surface area contributed by atoms with E-state index >= 15 is 0 Å². The third-order valence-corrected chi connectivity index (χ3v) is 3.37. The van der Waals surface area contributed by atoms with Crippen LogP contribution in [0.2, 0.25) is 0 Å². The zero-order chi connectivity index (χ0) is 14.5.